The van der Waals surface area contributed by atoms with Crippen LogP contribution in [0, 0.1) is 17.7 Å². The van der Waals surface area contributed by atoms with Crippen molar-refractivity contribution in [2.45, 2.75) is 38.7 Å². The van der Waals surface area contributed by atoms with Crippen LogP contribution in [0.4, 0.5) is 4.39 Å². The lowest BCUT2D eigenvalue weighted by Gasteiger charge is -2.18. The molecule has 88 valence electrons. The number of aromatic nitrogens is 1. The van der Waals surface area contributed by atoms with Gasteiger partial charge >= 0.3 is 0 Å². The van der Waals surface area contributed by atoms with E-state index in [-0.39, 0.29) is 11.7 Å². The average molecular weight is 223 g/mol. The third-order valence-corrected chi connectivity index (χ3v) is 3.67. The van der Waals surface area contributed by atoms with Crippen molar-refractivity contribution in [2.75, 3.05) is 0 Å². The largest absolute Gasteiger partial charge is 0.388 e. The van der Waals surface area contributed by atoms with Gasteiger partial charge in [0.25, 0.3) is 0 Å². The zero-order valence-electron chi connectivity index (χ0n) is 9.56. The Bertz CT molecular complexity index is 356. The Hall–Kier alpha value is -0.960. The Kier molecular flexibility index (Phi) is 3.54. The first-order valence-electron chi connectivity index (χ1n) is 5.99. The molecule has 3 heteroatoms. The minimum absolute atomic E-state index is 0.272. The summed E-state index contributed by atoms with van der Waals surface area (Å²) in [6, 6.07) is 1.39. The molecule has 16 heavy (non-hydrogen) atoms. The van der Waals surface area contributed by atoms with E-state index in [4.69, 9.17) is 0 Å². The van der Waals surface area contributed by atoms with E-state index in [1.165, 1.54) is 25.1 Å². The summed E-state index contributed by atoms with van der Waals surface area (Å²) in [5.41, 5.74) is 0.613. The highest BCUT2D eigenvalue weighted by molar-refractivity contribution is 5.14. The first kappa shape index (κ1) is 11.5. The standard InChI is InChI=1S/C13H18FNO/c1-2-9-3-4-10(5-9)13(16)11-6-12(14)8-15-7-11/h6-10,13,16H,2-5H2,1H3. The summed E-state index contributed by atoms with van der Waals surface area (Å²) in [6.45, 7) is 2.18. The van der Waals surface area contributed by atoms with Crippen LogP contribution in [-0.4, -0.2) is 10.1 Å². The van der Waals surface area contributed by atoms with Crippen molar-refractivity contribution in [3.8, 4) is 0 Å². The molecule has 1 aliphatic rings. The molecule has 2 rings (SSSR count). The van der Waals surface area contributed by atoms with Crippen LogP contribution in [0.2, 0.25) is 0 Å². The summed E-state index contributed by atoms with van der Waals surface area (Å²) in [4.78, 5) is 3.78. The summed E-state index contributed by atoms with van der Waals surface area (Å²) >= 11 is 0. The number of hydrogen-bond donors (Lipinski definition) is 1. The molecule has 2 nitrogen and oxygen atoms in total. The Morgan fingerprint density at radius 1 is 1.50 bits per heavy atom. The maximum Gasteiger partial charge on any atom is 0.141 e. The highest BCUT2D eigenvalue weighted by atomic mass is 19.1. The van der Waals surface area contributed by atoms with Crippen LogP contribution in [0.15, 0.2) is 18.5 Å². The highest BCUT2D eigenvalue weighted by Crippen LogP contribution is 2.40. The molecule has 0 aliphatic heterocycles. The fourth-order valence-corrected chi connectivity index (χ4v) is 2.63. The topological polar surface area (TPSA) is 33.1 Å². The molecule has 0 saturated heterocycles. The smallest absolute Gasteiger partial charge is 0.141 e. The molecule has 1 saturated carbocycles. The van der Waals surface area contributed by atoms with Crippen LogP contribution in [0.3, 0.4) is 0 Å². The molecule has 0 radical (unpaired) electrons. The second-order valence-electron chi connectivity index (χ2n) is 4.73. The predicted octanol–water partition coefficient (Wildman–Crippen LogP) is 3.08. The monoisotopic (exact) mass is 223 g/mol. The number of halogens is 1. The van der Waals surface area contributed by atoms with Gasteiger partial charge in [0.2, 0.25) is 0 Å². The van der Waals surface area contributed by atoms with Gasteiger partial charge in [-0.15, -0.1) is 0 Å². The molecular weight excluding hydrogens is 205 g/mol. The van der Waals surface area contributed by atoms with E-state index in [0.29, 0.717) is 5.56 Å². The van der Waals surface area contributed by atoms with Crippen LogP contribution < -0.4 is 0 Å². The fraction of sp³-hybridized carbons (Fsp3) is 0.615. The Morgan fingerprint density at radius 3 is 2.94 bits per heavy atom. The number of aliphatic hydroxyl groups is 1. The first-order chi connectivity index (χ1) is 7.70. The first-order valence-corrected chi connectivity index (χ1v) is 5.99. The van der Waals surface area contributed by atoms with Gasteiger partial charge in [0.05, 0.1) is 12.3 Å². The zero-order valence-corrected chi connectivity index (χ0v) is 9.56. The van der Waals surface area contributed by atoms with Crippen molar-refractivity contribution in [3.05, 3.63) is 29.8 Å². The molecule has 0 aromatic carbocycles. The number of hydrogen-bond acceptors (Lipinski definition) is 2. The van der Waals surface area contributed by atoms with Gasteiger partial charge in [0.1, 0.15) is 5.82 Å². The second kappa shape index (κ2) is 4.91. The fourth-order valence-electron chi connectivity index (χ4n) is 2.63. The predicted molar refractivity (Wildman–Crippen MR) is 60.3 cm³/mol. The molecule has 3 atom stereocenters. The quantitative estimate of drug-likeness (QED) is 0.854. The van der Waals surface area contributed by atoms with Crippen LogP contribution in [0.25, 0.3) is 0 Å². The highest BCUT2D eigenvalue weighted by Gasteiger charge is 2.29. The maximum atomic E-state index is 13.0. The minimum Gasteiger partial charge on any atom is -0.388 e. The van der Waals surface area contributed by atoms with Crippen molar-refractivity contribution in [3.63, 3.8) is 0 Å². The summed E-state index contributed by atoms with van der Waals surface area (Å²) in [5.74, 6) is 0.622. The summed E-state index contributed by atoms with van der Waals surface area (Å²) in [6.07, 6.45) is 6.61. The molecule has 0 spiro atoms. The molecule has 0 bridgehead atoms. The SMILES string of the molecule is CCC1CCC(C(O)c2cncc(F)c2)C1. The van der Waals surface area contributed by atoms with Crippen LogP contribution in [0.1, 0.15) is 44.3 Å². The van der Waals surface area contributed by atoms with Gasteiger partial charge in [0.15, 0.2) is 0 Å². The number of rotatable bonds is 3. The third kappa shape index (κ3) is 2.40. The normalized spacial score (nSPS) is 26.9. The summed E-state index contributed by atoms with van der Waals surface area (Å²) < 4.78 is 13.0. The molecule has 3 unspecified atom stereocenters. The molecular formula is C13H18FNO. The van der Waals surface area contributed by atoms with Gasteiger partial charge in [-0.3, -0.25) is 4.98 Å². The number of nitrogens with zero attached hydrogens (tertiary/aromatic N) is 1. The van der Waals surface area contributed by atoms with E-state index >= 15 is 0 Å². The minimum atomic E-state index is -0.556. The van der Waals surface area contributed by atoms with Crippen LogP contribution >= 0.6 is 0 Å². The van der Waals surface area contributed by atoms with Crippen molar-refractivity contribution in [1.82, 2.24) is 4.98 Å². The number of pyridine rings is 1. The van der Waals surface area contributed by atoms with Gasteiger partial charge in [-0.1, -0.05) is 19.8 Å². The molecule has 0 amide bonds. The summed E-state index contributed by atoms with van der Waals surface area (Å²) in [5, 5.41) is 10.2. The molecule has 1 aromatic heterocycles. The van der Waals surface area contributed by atoms with Gasteiger partial charge < -0.3 is 5.11 Å². The molecule has 1 aliphatic carbocycles. The Morgan fingerprint density at radius 2 is 2.31 bits per heavy atom. The van der Waals surface area contributed by atoms with Crippen molar-refractivity contribution < 1.29 is 9.50 Å². The number of aliphatic hydroxyl groups excluding tert-OH is 1. The van der Waals surface area contributed by atoms with Crippen LogP contribution in [-0.2, 0) is 0 Å². The van der Waals surface area contributed by atoms with Gasteiger partial charge in [-0.05, 0) is 30.7 Å². The average Bonchev–Trinajstić information content (AvgIpc) is 2.76. The van der Waals surface area contributed by atoms with E-state index in [0.717, 1.165) is 18.8 Å². The Labute approximate surface area is 95.5 Å². The van der Waals surface area contributed by atoms with E-state index in [1.807, 2.05) is 0 Å². The van der Waals surface area contributed by atoms with Gasteiger partial charge in [0, 0.05) is 11.8 Å². The van der Waals surface area contributed by atoms with E-state index < -0.39 is 6.10 Å². The molecule has 1 heterocycles. The zero-order chi connectivity index (χ0) is 11.5. The van der Waals surface area contributed by atoms with E-state index in [9.17, 15) is 9.50 Å². The lowest BCUT2D eigenvalue weighted by Crippen LogP contribution is -2.10. The summed E-state index contributed by atoms with van der Waals surface area (Å²) in [7, 11) is 0. The maximum absolute atomic E-state index is 13.0. The second-order valence-corrected chi connectivity index (χ2v) is 4.73. The van der Waals surface area contributed by atoms with E-state index in [1.54, 1.807) is 6.20 Å². The third-order valence-electron chi connectivity index (χ3n) is 3.67. The van der Waals surface area contributed by atoms with Crippen LogP contribution in [0.5, 0.6) is 0 Å². The van der Waals surface area contributed by atoms with E-state index in [2.05, 4.69) is 11.9 Å². The van der Waals surface area contributed by atoms with Crippen molar-refractivity contribution in [2.24, 2.45) is 11.8 Å². The molecule has 1 aromatic rings. The Balaban J connectivity index is 2.05. The lowest BCUT2D eigenvalue weighted by atomic mass is 9.94. The lowest BCUT2D eigenvalue weighted by molar-refractivity contribution is 0.108. The molecule has 1 fully saturated rings. The van der Waals surface area contributed by atoms with Crippen molar-refractivity contribution in [1.29, 1.82) is 0 Å². The van der Waals surface area contributed by atoms with Crippen molar-refractivity contribution >= 4 is 0 Å². The molecule has 1 N–H and O–H groups in total. The van der Waals surface area contributed by atoms with Gasteiger partial charge in [-0.2, -0.15) is 0 Å². The van der Waals surface area contributed by atoms with Gasteiger partial charge in [-0.25, -0.2) is 4.39 Å².